The third-order valence-electron chi connectivity index (χ3n) is 5.54. The zero-order chi connectivity index (χ0) is 24.0. The molecule has 1 saturated heterocycles. The van der Waals surface area contributed by atoms with Crippen molar-refractivity contribution in [1.82, 2.24) is 15.2 Å². The van der Waals surface area contributed by atoms with Gasteiger partial charge in [-0.15, -0.1) is 23.5 Å². The van der Waals surface area contributed by atoms with Crippen molar-refractivity contribution >= 4 is 41.3 Å². The molecule has 0 spiro atoms. The summed E-state index contributed by atoms with van der Waals surface area (Å²) in [6.07, 6.45) is 3.92. The Morgan fingerprint density at radius 1 is 1.27 bits per heavy atom. The van der Waals surface area contributed by atoms with Crippen molar-refractivity contribution in [2.45, 2.75) is 42.6 Å². The summed E-state index contributed by atoms with van der Waals surface area (Å²) < 4.78 is 0. The van der Waals surface area contributed by atoms with E-state index in [1.807, 2.05) is 13.0 Å². The maximum atomic E-state index is 13.3. The number of benzene rings is 1. The zero-order valence-electron chi connectivity index (χ0n) is 18.4. The van der Waals surface area contributed by atoms with E-state index in [0.717, 1.165) is 10.5 Å². The lowest BCUT2D eigenvalue weighted by molar-refractivity contribution is -0.145. The molecule has 1 fully saturated rings. The first-order valence-electron chi connectivity index (χ1n) is 10.6. The lowest BCUT2D eigenvalue weighted by atomic mass is 9.99. The molecular formula is C23H27N3O5S2. The summed E-state index contributed by atoms with van der Waals surface area (Å²) in [5.74, 6) is -1.49. The Morgan fingerprint density at radius 2 is 2.00 bits per heavy atom. The Morgan fingerprint density at radius 3 is 2.61 bits per heavy atom. The van der Waals surface area contributed by atoms with Crippen molar-refractivity contribution in [2.75, 3.05) is 11.5 Å². The first-order chi connectivity index (χ1) is 15.8. The molecule has 0 saturated carbocycles. The predicted molar refractivity (Wildman–Crippen MR) is 128 cm³/mol. The van der Waals surface area contributed by atoms with Gasteiger partial charge in [-0.3, -0.25) is 14.6 Å². The van der Waals surface area contributed by atoms with Gasteiger partial charge in [0.05, 0.1) is 5.75 Å². The minimum atomic E-state index is -1.09. The Labute approximate surface area is 201 Å². The maximum absolute atomic E-state index is 13.3. The van der Waals surface area contributed by atoms with E-state index in [2.05, 4.69) is 10.3 Å². The van der Waals surface area contributed by atoms with Gasteiger partial charge in [0.25, 0.3) is 0 Å². The molecule has 10 heteroatoms. The Kier molecular flexibility index (Phi) is 8.62. The number of aromatic hydroxyl groups is 1. The monoisotopic (exact) mass is 489 g/mol. The van der Waals surface area contributed by atoms with E-state index in [0.29, 0.717) is 12.2 Å². The molecule has 4 atom stereocenters. The van der Waals surface area contributed by atoms with E-state index in [9.17, 15) is 24.6 Å². The minimum Gasteiger partial charge on any atom is -0.508 e. The second kappa shape index (κ2) is 11.4. The third kappa shape index (κ3) is 6.20. The van der Waals surface area contributed by atoms with Gasteiger partial charge in [-0.05, 0) is 35.7 Å². The van der Waals surface area contributed by atoms with Crippen LogP contribution in [0.3, 0.4) is 0 Å². The van der Waals surface area contributed by atoms with E-state index in [1.165, 1.54) is 28.4 Å². The molecule has 2 aromatic rings. The number of nitrogens with zero attached hydrogens (tertiary/aromatic N) is 2. The van der Waals surface area contributed by atoms with Gasteiger partial charge < -0.3 is 20.4 Å². The highest BCUT2D eigenvalue weighted by molar-refractivity contribution is 8.00. The second-order valence-electron chi connectivity index (χ2n) is 7.78. The lowest BCUT2D eigenvalue weighted by Crippen LogP contribution is -2.54. The number of aromatic nitrogens is 1. The highest BCUT2D eigenvalue weighted by Gasteiger charge is 2.43. The van der Waals surface area contributed by atoms with Gasteiger partial charge in [0.2, 0.25) is 11.8 Å². The number of carbonyl (C=O) groups is 3. The first kappa shape index (κ1) is 24.9. The van der Waals surface area contributed by atoms with Crippen LogP contribution < -0.4 is 5.32 Å². The Hall–Kier alpha value is -2.72. The van der Waals surface area contributed by atoms with Gasteiger partial charge in [-0.1, -0.05) is 32.4 Å². The molecule has 0 bridgehead atoms. The van der Waals surface area contributed by atoms with Gasteiger partial charge in [0.15, 0.2) is 0 Å². The normalized spacial score (nSPS) is 19.6. The van der Waals surface area contributed by atoms with E-state index in [1.54, 1.807) is 49.6 Å². The number of hydrogen-bond donors (Lipinski definition) is 3. The summed E-state index contributed by atoms with van der Waals surface area (Å²) in [5, 5.41) is 21.4. The number of carboxylic acids is 1. The molecule has 1 aromatic heterocycles. The minimum absolute atomic E-state index is 0.109. The van der Waals surface area contributed by atoms with E-state index >= 15 is 0 Å². The fraction of sp³-hybridized carbons (Fsp3) is 0.391. The molecule has 1 aliphatic rings. The van der Waals surface area contributed by atoms with Gasteiger partial charge in [-0.25, -0.2) is 4.79 Å². The molecule has 3 N–H and O–H groups in total. The molecule has 1 aliphatic heterocycles. The molecule has 176 valence electrons. The highest BCUT2D eigenvalue weighted by Crippen LogP contribution is 2.42. The number of pyridine rings is 1. The van der Waals surface area contributed by atoms with Crippen LogP contribution in [0.4, 0.5) is 0 Å². The average Bonchev–Trinajstić information content (AvgIpc) is 3.26. The molecule has 1 aromatic carbocycles. The van der Waals surface area contributed by atoms with Crippen LogP contribution in [-0.4, -0.2) is 61.5 Å². The number of phenolic OH excluding ortho intramolecular Hbond substituents is 1. The fourth-order valence-corrected chi connectivity index (χ4v) is 5.69. The highest BCUT2D eigenvalue weighted by atomic mass is 32.2. The fourth-order valence-electron chi connectivity index (χ4n) is 3.49. The number of nitrogens with one attached hydrogen (secondary N) is 1. The number of carbonyl (C=O) groups excluding carboxylic acids is 2. The topological polar surface area (TPSA) is 120 Å². The van der Waals surface area contributed by atoms with Gasteiger partial charge >= 0.3 is 5.97 Å². The largest absolute Gasteiger partial charge is 0.508 e. The number of carboxylic acid groups (broad SMARTS) is 1. The number of rotatable bonds is 9. The molecule has 1 unspecified atom stereocenters. The summed E-state index contributed by atoms with van der Waals surface area (Å²) in [6.45, 7) is 3.64. The molecule has 0 aliphatic carbocycles. The smallest absolute Gasteiger partial charge is 0.326 e. The van der Waals surface area contributed by atoms with Crippen LogP contribution in [0, 0.1) is 5.92 Å². The van der Waals surface area contributed by atoms with Crippen LogP contribution in [0.15, 0.2) is 53.7 Å². The summed E-state index contributed by atoms with van der Waals surface area (Å²) in [4.78, 5) is 44.6. The van der Waals surface area contributed by atoms with Crippen molar-refractivity contribution in [3.8, 4) is 5.75 Å². The maximum Gasteiger partial charge on any atom is 0.326 e. The quantitative estimate of drug-likeness (QED) is 0.460. The van der Waals surface area contributed by atoms with Crippen molar-refractivity contribution < 1.29 is 24.6 Å². The number of aliphatic carboxylic acids is 1. The second-order valence-corrected chi connectivity index (χ2v) is 9.94. The molecule has 0 radical (unpaired) electrons. The predicted octanol–water partition coefficient (Wildman–Crippen LogP) is 3.14. The number of amides is 2. The van der Waals surface area contributed by atoms with Crippen LogP contribution in [-0.2, 0) is 14.4 Å². The van der Waals surface area contributed by atoms with Gasteiger partial charge in [0.1, 0.15) is 23.2 Å². The Bertz CT molecular complexity index is 974. The van der Waals surface area contributed by atoms with Crippen molar-refractivity contribution in [2.24, 2.45) is 5.92 Å². The van der Waals surface area contributed by atoms with Crippen molar-refractivity contribution in [1.29, 1.82) is 0 Å². The van der Waals surface area contributed by atoms with Crippen LogP contribution in [0.25, 0.3) is 0 Å². The molecular weight excluding hydrogens is 462 g/mol. The van der Waals surface area contributed by atoms with E-state index < -0.39 is 29.3 Å². The van der Waals surface area contributed by atoms with Gasteiger partial charge in [0, 0.05) is 23.0 Å². The van der Waals surface area contributed by atoms with Crippen LogP contribution in [0.1, 0.15) is 31.2 Å². The molecule has 2 heterocycles. The van der Waals surface area contributed by atoms with Gasteiger partial charge in [-0.2, -0.15) is 0 Å². The van der Waals surface area contributed by atoms with Crippen LogP contribution in [0.5, 0.6) is 5.75 Å². The van der Waals surface area contributed by atoms with E-state index in [4.69, 9.17) is 0 Å². The molecule has 3 rings (SSSR count). The standard InChI is InChI=1S/C23H27N3O5S2/c1-3-14(2)20(23(30)31)25-21(29)18-12-33-22(15-6-8-16(27)9-7-15)26(18)19(28)13-32-17-5-4-10-24-11-17/h4-11,14,18,20,22,27H,3,12-13H2,1-2H3,(H,25,29)(H,30,31)/t14-,18-,20-,22?/m0/s1. The molecule has 33 heavy (non-hydrogen) atoms. The van der Waals surface area contributed by atoms with Crippen molar-refractivity contribution in [3.05, 3.63) is 54.4 Å². The number of thioether (sulfide) groups is 2. The first-order valence-corrected chi connectivity index (χ1v) is 12.6. The zero-order valence-corrected chi connectivity index (χ0v) is 20.0. The van der Waals surface area contributed by atoms with E-state index in [-0.39, 0.29) is 23.3 Å². The number of phenols is 1. The number of hydrogen-bond acceptors (Lipinski definition) is 7. The molecule has 8 nitrogen and oxygen atoms in total. The lowest BCUT2D eigenvalue weighted by Gasteiger charge is -2.30. The third-order valence-corrected chi connectivity index (χ3v) is 7.83. The average molecular weight is 490 g/mol. The van der Waals surface area contributed by atoms with Crippen LogP contribution >= 0.6 is 23.5 Å². The summed E-state index contributed by atoms with van der Waals surface area (Å²) >= 11 is 2.77. The molecule has 2 amide bonds. The van der Waals surface area contributed by atoms with Crippen LogP contribution in [0.2, 0.25) is 0 Å². The summed E-state index contributed by atoms with van der Waals surface area (Å²) in [5.41, 5.74) is 0.782. The summed E-state index contributed by atoms with van der Waals surface area (Å²) in [7, 11) is 0. The SMILES string of the molecule is CC[C@H](C)[C@H](NC(=O)[C@@H]1CSC(c2ccc(O)cc2)N1C(=O)CSc1cccnc1)C(=O)O. The van der Waals surface area contributed by atoms with Crippen molar-refractivity contribution in [3.63, 3.8) is 0 Å². The Balaban J connectivity index is 1.82. The summed E-state index contributed by atoms with van der Waals surface area (Å²) in [6, 6.07) is 8.34.